The third-order valence-electron chi connectivity index (χ3n) is 0.994. The van der Waals surface area contributed by atoms with Gasteiger partial charge in [-0.05, 0) is 11.6 Å². The smallest absolute Gasteiger partial charge is 0.0532 e. The van der Waals surface area contributed by atoms with Crippen molar-refractivity contribution in [1.82, 2.24) is 10.2 Å². The third kappa shape index (κ3) is 1.81. The third-order valence-corrected chi connectivity index (χ3v) is 0.994. The Kier molecular flexibility index (Phi) is 1.94. The molecule has 1 rings (SSSR count). The molecule has 1 heterocycles. The van der Waals surface area contributed by atoms with Crippen LogP contribution >= 0.6 is 0 Å². The van der Waals surface area contributed by atoms with E-state index in [1.54, 1.807) is 6.07 Å². The first-order valence-corrected chi connectivity index (χ1v) is 2.74. The summed E-state index contributed by atoms with van der Waals surface area (Å²) in [6.45, 7) is 0. The highest BCUT2D eigenvalue weighted by molar-refractivity contribution is 5.67. The van der Waals surface area contributed by atoms with E-state index in [2.05, 4.69) is 10.2 Å². The Bertz CT molecular complexity index is 222. The van der Waals surface area contributed by atoms with Crippen LogP contribution in [0.25, 0.3) is 0 Å². The van der Waals surface area contributed by atoms with Crippen LogP contribution in [0.5, 0.6) is 0 Å². The number of carboxylic acids is 1. The molecular weight excluding hydrogens is 132 g/mol. The average Bonchev–Trinajstić information content (AvgIpc) is 1.88. The first-order chi connectivity index (χ1) is 4.79. The van der Waals surface area contributed by atoms with Crippen molar-refractivity contribution in [2.45, 2.75) is 6.42 Å². The van der Waals surface area contributed by atoms with Crippen LogP contribution in [-0.2, 0) is 11.2 Å². The summed E-state index contributed by atoms with van der Waals surface area (Å²) >= 11 is 0. The van der Waals surface area contributed by atoms with Crippen molar-refractivity contribution in [2.75, 3.05) is 0 Å². The van der Waals surface area contributed by atoms with Gasteiger partial charge in [0.15, 0.2) is 0 Å². The lowest BCUT2D eigenvalue weighted by atomic mass is 10.2. The van der Waals surface area contributed by atoms with Crippen molar-refractivity contribution in [2.24, 2.45) is 0 Å². The zero-order valence-electron chi connectivity index (χ0n) is 5.15. The van der Waals surface area contributed by atoms with Crippen LogP contribution in [0, 0.1) is 0 Å². The van der Waals surface area contributed by atoms with Gasteiger partial charge in [0.05, 0.1) is 6.20 Å². The fourth-order valence-electron chi connectivity index (χ4n) is 0.589. The minimum absolute atomic E-state index is 0.102. The van der Waals surface area contributed by atoms with E-state index in [1.165, 1.54) is 12.4 Å². The molecule has 0 spiro atoms. The Morgan fingerprint density at radius 1 is 1.60 bits per heavy atom. The fraction of sp³-hybridized carbons (Fsp3) is 0.167. The lowest BCUT2D eigenvalue weighted by Crippen LogP contribution is -2.24. The van der Waals surface area contributed by atoms with Gasteiger partial charge in [0.1, 0.15) is 0 Å². The zero-order valence-corrected chi connectivity index (χ0v) is 5.15. The summed E-state index contributed by atoms with van der Waals surface area (Å²) in [4.78, 5) is 10.0. The van der Waals surface area contributed by atoms with Gasteiger partial charge in [-0.25, -0.2) is 0 Å². The average molecular weight is 137 g/mol. The molecular formula is C6H5N2O2-. The molecule has 4 nitrogen and oxygen atoms in total. The maximum absolute atomic E-state index is 10.0. The van der Waals surface area contributed by atoms with E-state index >= 15 is 0 Å². The van der Waals surface area contributed by atoms with Gasteiger partial charge >= 0.3 is 0 Å². The number of hydrogen-bond acceptors (Lipinski definition) is 4. The summed E-state index contributed by atoms with van der Waals surface area (Å²) in [7, 11) is 0. The van der Waals surface area contributed by atoms with Crippen LogP contribution in [-0.4, -0.2) is 16.2 Å². The molecule has 0 atom stereocenters. The van der Waals surface area contributed by atoms with E-state index in [0.717, 1.165) is 0 Å². The maximum atomic E-state index is 10.0. The number of carbonyl (C=O) groups excluding carboxylic acids is 1. The summed E-state index contributed by atoms with van der Waals surface area (Å²) in [5.41, 5.74) is 0.606. The summed E-state index contributed by atoms with van der Waals surface area (Å²) in [5, 5.41) is 17.0. The second-order valence-corrected chi connectivity index (χ2v) is 1.80. The normalized spacial score (nSPS) is 9.20. The minimum Gasteiger partial charge on any atom is -0.550 e. The second kappa shape index (κ2) is 2.91. The molecule has 0 unspecified atom stereocenters. The molecule has 0 N–H and O–H groups in total. The second-order valence-electron chi connectivity index (χ2n) is 1.80. The Hall–Kier alpha value is -1.45. The summed E-state index contributed by atoms with van der Waals surface area (Å²) in [6.07, 6.45) is 2.74. The van der Waals surface area contributed by atoms with Crippen molar-refractivity contribution in [3.05, 3.63) is 24.0 Å². The number of nitrogens with zero attached hydrogens (tertiary/aromatic N) is 2. The largest absolute Gasteiger partial charge is 0.550 e. The monoisotopic (exact) mass is 137 g/mol. The highest BCUT2D eigenvalue weighted by Gasteiger charge is 1.90. The molecule has 0 aromatic carbocycles. The number of aromatic nitrogens is 2. The number of aliphatic carboxylic acids is 1. The van der Waals surface area contributed by atoms with Crippen molar-refractivity contribution in [3.8, 4) is 0 Å². The van der Waals surface area contributed by atoms with Crippen LogP contribution in [0.3, 0.4) is 0 Å². The summed E-state index contributed by atoms with van der Waals surface area (Å²) in [6, 6.07) is 1.59. The maximum Gasteiger partial charge on any atom is 0.0532 e. The molecule has 0 radical (unpaired) electrons. The highest BCUT2D eigenvalue weighted by Crippen LogP contribution is 1.92. The van der Waals surface area contributed by atoms with Gasteiger partial charge in [-0.3, -0.25) is 0 Å². The molecule has 10 heavy (non-hydrogen) atoms. The predicted octanol–water partition coefficient (Wildman–Crippen LogP) is -1.23. The van der Waals surface area contributed by atoms with Crippen LogP contribution in [0.15, 0.2) is 18.5 Å². The summed E-state index contributed by atoms with van der Waals surface area (Å²) < 4.78 is 0. The lowest BCUT2D eigenvalue weighted by molar-refractivity contribution is -0.304. The highest BCUT2D eigenvalue weighted by atomic mass is 16.4. The van der Waals surface area contributed by atoms with Crippen LogP contribution in [0.1, 0.15) is 5.56 Å². The van der Waals surface area contributed by atoms with Gasteiger partial charge in [-0.15, -0.1) is 0 Å². The number of carboxylic acid groups (broad SMARTS) is 1. The van der Waals surface area contributed by atoms with E-state index in [9.17, 15) is 9.90 Å². The molecule has 4 heteroatoms. The molecule has 0 bridgehead atoms. The predicted molar refractivity (Wildman–Crippen MR) is 30.7 cm³/mol. The van der Waals surface area contributed by atoms with Gasteiger partial charge in [0, 0.05) is 18.6 Å². The van der Waals surface area contributed by atoms with Crippen molar-refractivity contribution in [1.29, 1.82) is 0 Å². The quantitative estimate of drug-likeness (QED) is 0.511. The van der Waals surface area contributed by atoms with Crippen LogP contribution < -0.4 is 5.11 Å². The molecule has 52 valence electrons. The standard InChI is InChI=1S/C6H6N2O2/c9-6(10)3-5-1-2-7-8-4-5/h1-2,4H,3H2,(H,9,10)/p-1. The molecule has 1 aromatic heterocycles. The van der Waals surface area contributed by atoms with E-state index in [-0.39, 0.29) is 6.42 Å². The van der Waals surface area contributed by atoms with E-state index in [4.69, 9.17) is 0 Å². The van der Waals surface area contributed by atoms with Gasteiger partial charge in [0.2, 0.25) is 0 Å². The van der Waals surface area contributed by atoms with Crippen LogP contribution in [0.2, 0.25) is 0 Å². The molecule has 1 aromatic rings. The fourth-order valence-corrected chi connectivity index (χ4v) is 0.589. The molecule has 0 fully saturated rings. The minimum atomic E-state index is -1.10. The Morgan fingerprint density at radius 3 is 2.90 bits per heavy atom. The molecule has 0 saturated heterocycles. The van der Waals surface area contributed by atoms with Gasteiger partial charge < -0.3 is 9.90 Å². The van der Waals surface area contributed by atoms with Gasteiger partial charge in [-0.1, -0.05) is 0 Å². The Morgan fingerprint density at radius 2 is 2.40 bits per heavy atom. The lowest BCUT2D eigenvalue weighted by Gasteiger charge is -1.98. The van der Waals surface area contributed by atoms with Crippen LogP contribution in [0.4, 0.5) is 0 Å². The van der Waals surface area contributed by atoms with Gasteiger partial charge in [-0.2, -0.15) is 10.2 Å². The van der Waals surface area contributed by atoms with E-state index in [0.29, 0.717) is 5.56 Å². The topological polar surface area (TPSA) is 65.9 Å². The molecule has 0 aliphatic carbocycles. The van der Waals surface area contributed by atoms with Crippen molar-refractivity contribution < 1.29 is 9.90 Å². The molecule has 0 aliphatic heterocycles. The first kappa shape index (κ1) is 6.67. The van der Waals surface area contributed by atoms with Crippen molar-refractivity contribution in [3.63, 3.8) is 0 Å². The number of rotatable bonds is 2. The van der Waals surface area contributed by atoms with Crippen molar-refractivity contribution >= 4 is 5.97 Å². The SMILES string of the molecule is O=C([O-])Cc1ccnnc1. The number of carbonyl (C=O) groups is 1. The first-order valence-electron chi connectivity index (χ1n) is 2.74. The Balaban J connectivity index is 2.67. The van der Waals surface area contributed by atoms with E-state index < -0.39 is 5.97 Å². The van der Waals surface area contributed by atoms with Gasteiger partial charge in [0.25, 0.3) is 0 Å². The number of hydrogen-bond donors (Lipinski definition) is 0. The zero-order chi connectivity index (χ0) is 7.40. The molecule has 0 aliphatic rings. The Labute approximate surface area is 57.5 Å². The molecule has 0 saturated carbocycles. The molecule has 0 amide bonds. The summed E-state index contributed by atoms with van der Waals surface area (Å²) in [5.74, 6) is -1.10. The van der Waals surface area contributed by atoms with E-state index in [1.807, 2.05) is 0 Å².